The van der Waals surface area contributed by atoms with Crippen LogP contribution in [-0.4, -0.2) is 45.9 Å². The molecule has 7 heteroatoms. The van der Waals surface area contributed by atoms with Crippen LogP contribution in [-0.2, 0) is 4.74 Å². The molecule has 0 aromatic carbocycles. The Labute approximate surface area is 110 Å². The molecule has 2 aromatic heterocycles. The number of ether oxygens (including phenoxy) is 1. The number of fused-ring (bicyclic) bond motifs is 1. The number of morpholine rings is 1. The van der Waals surface area contributed by atoms with Gasteiger partial charge in [0.05, 0.1) is 18.9 Å². The minimum atomic E-state index is 0.401. The van der Waals surface area contributed by atoms with Gasteiger partial charge in [0, 0.05) is 25.1 Å². The number of nitrogens with zero attached hydrogens (tertiary/aromatic N) is 5. The second-order valence-corrected chi connectivity index (χ2v) is 5.09. The summed E-state index contributed by atoms with van der Waals surface area (Å²) in [5, 5.41) is 4.48. The van der Waals surface area contributed by atoms with E-state index in [-0.39, 0.29) is 0 Å². The number of hydrogen-bond donors (Lipinski definition) is 1. The Hall–Kier alpha value is -1.89. The van der Waals surface area contributed by atoms with Crippen molar-refractivity contribution in [2.45, 2.75) is 18.8 Å². The van der Waals surface area contributed by atoms with Gasteiger partial charge in [-0.05, 0) is 12.8 Å². The molecule has 0 atom stereocenters. The predicted octanol–water partition coefficient (Wildman–Crippen LogP) is 0.420. The number of nitrogen functional groups attached to an aromatic ring is 1. The fraction of sp³-hybridized carbons (Fsp3) is 0.583. The van der Waals surface area contributed by atoms with Crippen molar-refractivity contribution in [1.82, 2.24) is 19.6 Å². The maximum atomic E-state index is 5.99. The summed E-state index contributed by atoms with van der Waals surface area (Å²) in [7, 11) is 0. The molecule has 2 aliphatic rings. The van der Waals surface area contributed by atoms with E-state index in [4.69, 9.17) is 10.5 Å². The summed E-state index contributed by atoms with van der Waals surface area (Å²) in [6.45, 7) is 3.03. The number of nitrogens with two attached hydrogens (primary N) is 1. The lowest BCUT2D eigenvalue weighted by Gasteiger charge is -2.26. The molecule has 100 valence electrons. The van der Waals surface area contributed by atoms with Gasteiger partial charge in [0.1, 0.15) is 0 Å². The predicted molar refractivity (Wildman–Crippen MR) is 70.2 cm³/mol. The van der Waals surface area contributed by atoms with Crippen LogP contribution in [0, 0.1) is 0 Å². The second-order valence-electron chi connectivity index (χ2n) is 5.09. The van der Waals surface area contributed by atoms with Crippen LogP contribution in [0.2, 0.25) is 0 Å². The molecule has 19 heavy (non-hydrogen) atoms. The normalized spacial score (nSPS) is 20.1. The van der Waals surface area contributed by atoms with Crippen LogP contribution in [0.15, 0.2) is 6.07 Å². The third-order valence-corrected chi connectivity index (χ3v) is 3.65. The van der Waals surface area contributed by atoms with E-state index in [1.54, 1.807) is 4.52 Å². The average molecular weight is 260 g/mol. The maximum absolute atomic E-state index is 5.99. The molecule has 2 N–H and O–H groups in total. The molecule has 2 fully saturated rings. The zero-order chi connectivity index (χ0) is 12.8. The Bertz CT molecular complexity index is 614. The van der Waals surface area contributed by atoms with Crippen molar-refractivity contribution in [3.63, 3.8) is 0 Å². The Morgan fingerprint density at radius 3 is 2.74 bits per heavy atom. The lowest BCUT2D eigenvalue weighted by Crippen LogP contribution is -2.37. The zero-order valence-electron chi connectivity index (χ0n) is 10.6. The van der Waals surface area contributed by atoms with Gasteiger partial charge in [-0.3, -0.25) is 0 Å². The number of anilines is 2. The first kappa shape index (κ1) is 11.0. The smallest absolute Gasteiger partial charge is 0.230 e. The first-order chi connectivity index (χ1) is 9.31. The van der Waals surface area contributed by atoms with Gasteiger partial charge in [0.2, 0.25) is 11.9 Å². The molecule has 0 unspecified atom stereocenters. The van der Waals surface area contributed by atoms with Crippen molar-refractivity contribution < 1.29 is 4.74 Å². The molecule has 0 radical (unpaired) electrons. The van der Waals surface area contributed by atoms with Gasteiger partial charge in [-0.1, -0.05) is 0 Å². The molecule has 0 spiro atoms. The molecule has 1 saturated heterocycles. The number of aromatic nitrogens is 4. The minimum absolute atomic E-state index is 0.401. The molecule has 0 bridgehead atoms. The van der Waals surface area contributed by atoms with Crippen LogP contribution in [0.5, 0.6) is 0 Å². The van der Waals surface area contributed by atoms with Crippen molar-refractivity contribution in [2.24, 2.45) is 0 Å². The molecule has 0 amide bonds. The summed E-state index contributed by atoms with van der Waals surface area (Å²) in [4.78, 5) is 11.0. The molecule has 3 heterocycles. The minimum Gasteiger partial charge on any atom is -0.378 e. The number of rotatable bonds is 2. The summed E-state index contributed by atoms with van der Waals surface area (Å²) >= 11 is 0. The highest BCUT2D eigenvalue weighted by Gasteiger charge is 2.27. The van der Waals surface area contributed by atoms with Crippen molar-refractivity contribution in [3.8, 4) is 0 Å². The third-order valence-electron chi connectivity index (χ3n) is 3.65. The summed E-state index contributed by atoms with van der Waals surface area (Å²) in [6.07, 6.45) is 2.43. The Balaban J connectivity index is 1.75. The van der Waals surface area contributed by atoms with Gasteiger partial charge in [-0.15, -0.1) is 0 Å². The van der Waals surface area contributed by atoms with Gasteiger partial charge < -0.3 is 15.4 Å². The maximum Gasteiger partial charge on any atom is 0.230 e. The van der Waals surface area contributed by atoms with E-state index < -0.39 is 0 Å². The lowest BCUT2D eigenvalue weighted by molar-refractivity contribution is 0.122. The van der Waals surface area contributed by atoms with E-state index in [1.165, 1.54) is 12.8 Å². The fourth-order valence-corrected chi connectivity index (χ4v) is 2.40. The fourth-order valence-electron chi connectivity index (χ4n) is 2.40. The highest BCUT2D eigenvalue weighted by Crippen LogP contribution is 2.39. The molecular formula is C12H16N6O. The van der Waals surface area contributed by atoms with Gasteiger partial charge in [0.25, 0.3) is 0 Å². The third kappa shape index (κ3) is 1.90. The van der Waals surface area contributed by atoms with Crippen LogP contribution in [0.3, 0.4) is 0 Å². The quantitative estimate of drug-likeness (QED) is 0.842. The van der Waals surface area contributed by atoms with Crippen LogP contribution < -0.4 is 10.6 Å². The highest BCUT2D eigenvalue weighted by atomic mass is 16.5. The van der Waals surface area contributed by atoms with E-state index in [1.807, 2.05) is 6.07 Å². The second kappa shape index (κ2) is 4.06. The Kier molecular flexibility index (Phi) is 2.34. The van der Waals surface area contributed by atoms with Gasteiger partial charge in [-0.2, -0.15) is 19.6 Å². The van der Waals surface area contributed by atoms with Crippen molar-refractivity contribution in [2.75, 3.05) is 36.9 Å². The van der Waals surface area contributed by atoms with Crippen LogP contribution in [0.1, 0.15) is 24.5 Å². The van der Waals surface area contributed by atoms with E-state index in [2.05, 4.69) is 20.0 Å². The van der Waals surface area contributed by atoms with Gasteiger partial charge in [0.15, 0.2) is 5.65 Å². The Morgan fingerprint density at radius 1 is 1.21 bits per heavy atom. The van der Waals surface area contributed by atoms with Crippen LogP contribution in [0.25, 0.3) is 5.65 Å². The molecule has 1 saturated carbocycles. The monoisotopic (exact) mass is 260 g/mol. The van der Waals surface area contributed by atoms with Gasteiger partial charge >= 0.3 is 0 Å². The van der Waals surface area contributed by atoms with Crippen LogP contribution >= 0.6 is 0 Å². The summed E-state index contributed by atoms with van der Waals surface area (Å²) < 4.78 is 6.97. The van der Waals surface area contributed by atoms with E-state index in [0.717, 1.165) is 24.4 Å². The molecule has 7 nitrogen and oxygen atoms in total. The van der Waals surface area contributed by atoms with Crippen LogP contribution in [0.4, 0.5) is 11.9 Å². The highest BCUT2D eigenvalue weighted by molar-refractivity contribution is 5.50. The van der Waals surface area contributed by atoms with Crippen molar-refractivity contribution >= 4 is 17.5 Å². The summed E-state index contributed by atoms with van der Waals surface area (Å²) in [6, 6.07) is 2.03. The first-order valence-corrected chi connectivity index (χ1v) is 6.67. The SMILES string of the molecule is Nc1nc(N2CCOCC2)nc2cc(C3CC3)nn12. The lowest BCUT2D eigenvalue weighted by atomic mass is 10.3. The topological polar surface area (TPSA) is 81.6 Å². The zero-order valence-corrected chi connectivity index (χ0v) is 10.6. The largest absolute Gasteiger partial charge is 0.378 e. The number of hydrogen-bond acceptors (Lipinski definition) is 6. The average Bonchev–Trinajstić information content (AvgIpc) is 3.20. The molecule has 4 rings (SSSR count). The molecule has 2 aromatic rings. The molecule has 1 aliphatic carbocycles. The van der Waals surface area contributed by atoms with Crippen molar-refractivity contribution in [1.29, 1.82) is 0 Å². The Morgan fingerprint density at radius 2 is 2.00 bits per heavy atom. The van der Waals surface area contributed by atoms with E-state index >= 15 is 0 Å². The molecular weight excluding hydrogens is 244 g/mol. The summed E-state index contributed by atoms with van der Waals surface area (Å²) in [5.74, 6) is 1.67. The molecule has 1 aliphatic heterocycles. The van der Waals surface area contributed by atoms with E-state index in [0.29, 0.717) is 31.0 Å². The first-order valence-electron chi connectivity index (χ1n) is 6.67. The van der Waals surface area contributed by atoms with Gasteiger partial charge in [-0.25, -0.2) is 0 Å². The summed E-state index contributed by atoms with van der Waals surface area (Å²) in [5.41, 5.74) is 7.86. The van der Waals surface area contributed by atoms with Crippen molar-refractivity contribution in [3.05, 3.63) is 11.8 Å². The van der Waals surface area contributed by atoms with E-state index in [9.17, 15) is 0 Å². The standard InChI is InChI=1S/C12H16N6O/c13-11-15-12(17-3-5-19-6-4-17)14-10-7-9(8-1-2-8)16-18(10)11/h7-8H,1-6H2,(H2,13,14,15).